The second kappa shape index (κ2) is 9.61. The molecule has 11 heteroatoms. The maximum atomic E-state index is 12.8. The van der Waals surface area contributed by atoms with Crippen LogP contribution in [-0.2, 0) is 6.54 Å². The lowest BCUT2D eigenvalue weighted by atomic mass is 10.2. The third-order valence-electron chi connectivity index (χ3n) is 5.45. The third-order valence-corrected chi connectivity index (χ3v) is 5.45. The van der Waals surface area contributed by atoms with Gasteiger partial charge in [0, 0.05) is 17.3 Å². The van der Waals surface area contributed by atoms with E-state index in [4.69, 9.17) is 24.4 Å². The fourth-order valence-electron chi connectivity index (χ4n) is 3.70. The molecule has 1 aliphatic rings. The lowest BCUT2D eigenvalue weighted by Crippen LogP contribution is -2.17. The van der Waals surface area contributed by atoms with E-state index in [1.807, 2.05) is 45.0 Å². The summed E-state index contributed by atoms with van der Waals surface area (Å²) in [6.45, 7) is 6.89. The maximum absolute atomic E-state index is 12.8. The predicted octanol–water partition coefficient (Wildman–Crippen LogP) is 3.68. The van der Waals surface area contributed by atoms with Crippen LogP contribution in [0, 0.1) is 6.92 Å². The van der Waals surface area contributed by atoms with Crippen LogP contribution >= 0.6 is 0 Å². The zero-order valence-electron chi connectivity index (χ0n) is 20.1. The summed E-state index contributed by atoms with van der Waals surface area (Å²) in [4.78, 5) is 17.4. The topological polar surface area (TPSA) is 140 Å². The van der Waals surface area contributed by atoms with Crippen molar-refractivity contribution in [3.63, 3.8) is 0 Å². The van der Waals surface area contributed by atoms with Crippen molar-refractivity contribution in [2.75, 3.05) is 24.3 Å². The number of carbonyl (C=O) groups is 1. The van der Waals surface area contributed by atoms with Crippen molar-refractivity contribution >= 4 is 17.4 Å². The summed E-state index contributed by atoms with van der Waals surface area (Å²) in [5.41, 5.74) is 8.17. The van der Waals surface area contributed by atoms with Gasteiger partial charge in [-0.3, -0.25) is 4.79 Å². The Kier molecular flexibility index (Phi) is 6.19. The first-order valence-corrected chi connectivity index (χ1v) is 11.5. The second-order valence-corrected chi connectivity index (χ2v) is 8.51. The van der Waals surface area contributed by atoms with Gasteiger partial charge in [0.2, 0.25) is 5.89 Å². The molecule has 0 saturated heterocycles. The summed E-state index contributed by atoms with van der Waals surface area (Å²) in [6.07, 6.45) is 0.0909. The quantitative estimate of drug-likeness (QED) is 0.397. The predicted molar refractivity (Wildman–Crippen MR) is 131 cm³/mol. The summed E-state index contributed by atoms with van der Waals surface area (Å²) in [6, 6.07) is 12.7. The Balaban J connectivity index is 1.29. The van der Waals surface area contributed by atoms with E-state index in [9.17, 15) is 4.79 Å². The highest BCUT2D eigenvalue weighted by molar-refractivity contribution is 6.05. The number of oxazole rings is 1. The minimum absolute atomic E-state index is 0.00648. The van der Waals surface area contributed by atoms with Gasteiger partial charge in [0.05, 0.1) is 12.6 Å². The van der Waals surface area contributed by atoms with Gasteiger partial charge in [0.15, 0.2) is 23.0 Å². The molecule has 2 aromatic heterocycles. The van der Waals surface area contributed by atoms with E-state index >= 15 is 0 Å². The van der Waals surface area contributed by atoms with E-state index in [-0.39, 0.29) is 24.2 Å². The van der Waals surface area contributed by atoms with Crippen LogP contribution in [0.2, 0.25) is 0 Å². The van der Waals surface area contributed by atoms with Gasteiger partial charge in [0.25, 0.3) is 5.91 Å². The molecular formula is C25H26N6O5. The first-order valence-electron chi connectivity index (χ1n) is 11.5. The number of nitrogen functional groups attached to an aromatic ring is 1. The average Bonchev–Trinajstić information content (AvgIpc) is 3.41. The lowest BCUT2D eigenvalue weighted by Gasteiger charge is -2.18. The van der Waals surface area contributed by atoms with Gasteiger partial charge in [-0.15, -0.1) is 5.10 Å². The van der Waals surface area contributed by atoms with Crippen LogP contribution in [0.1, 0.15) is 35.8 Å². The number of amides is 1. The molecule has 1 amide bonds. The number of benzene rings is 2. The summed E-state index contributed by atoms with van der Waals surface area (Å²) in [5.74, 6) is 2.68. The normalized spacial score (nSPS) is 12.6. The van der Waals surface area contributed by atoms with Crippen LogP contribution in [0.3, 0.4) is 0 Å². The number of aryl methyl sites for hydroxylation is 1. The highest BCUT2D eigenvalue weighted by Crippen LogP contribution is 2.33. The first kappa shape index (κ1) is 23.2. The molecule has 0 aliphatic carbocycles. The number of nitrogens with one attached hydrogen (secondary N) is 1. The minimum atomic E-state index is -0.489. The minimum Gasteiger partial charge on any atom is -0.491 e. The van der Waals surface area contributed by atoms with Gasteiger partial charge in [0.1, 0.15) is 30.4 Å². The van der Waals surface area contributed by atoms with Crippen molar-refractivity contribution < 1.29 is 23.4 Å². The molecule has 0 unspecified atom stereocenters. The number of rotatable bonds is 7. The van der Waals surface area contributed by atoms with Gasteiger partial charge >= 0.3 is 0 Å². The molecule has 36 heavy (non-hydrogen) atoms. The van der Waals surface area contributed by atoms with Crippen molar-refractivity contribution in [2.24, 2.45) is 0 Å². The number of nitrogens with two attached hydrogens (primary N) is 1. The molecule has 0 spiro atoms. The SMILES string of the molecule is Cc1oc(-c2ccc(OC(C)C)cc2)nc1Cn1nnc(C(=O)Nc2ccc3c(c2)OCCO3)c1N. The summed E-state index contributed by atoms with van der Waals surface area (Å²) in [7, 11) is 0. The Hall–Kier alpha value is -4.54. The molecule has 1 aliphatic heterocycles. The van der Waals surface area contributed by atoms with Crippen LogP contribution in [0.25, 0.3) is 11.5 Å². The molecule has 5 rings (SSSR count). The largest absolute Gasteiger partial charge is 0.491 e. The van der Waals surface area contributed by atoms with Crippen molar-refractivity contribution in [2.45, 2.75) is 33.4 Å². The number of nitrogens with zero attached hydrogens (tertiary/aromatic N) is 4. The molecule has 2 aromatic carbocycles. The number of anilines is 2. The molecule has 4 aromatic rings. The van der Waals surface area contributed by atoms with E-state index in [0.717, 1.165) is 11.3 Å². The molecule has 0 saturated carbocycles. The standard InChI is InChI=1S/C25H26N6O5/c1-14(2)35-18-7-4-16(5-8-18)25-28-19(15(3)36-25)13-31-23(26)22(29-30-31)24(32)27-17-6-9-20-21(12-17)34-11-10-33-20/h4-9,12,14H,10-11,13,26H2,1-3H3,(H,27,32). The number of ether oxygens (including phenoxy) is 3. The molecule has 3 heterocycles. The van der Waals surface area contributed by atoms with Crippen molar-refractivity contribution in [1.82, 2.24) is 20.0 Å². The molecule has 186 valence electrons. The van der Waals surface area contributed by atoms with Crippen LogP contribution in [-0.4, -0.2) is 45.2 Å². The molecule has 0 fully saturated rings. The van der Waals surface area contributed by atoms with Crippen LogP contribution in [0.5, 0.6) is 17.2 Å². The Morgan fingerprint density at radius 3 is 2.64 bits per heavy atom. The van der Waals surface area contributed by atoms with Crippen molar-refractivity contribution in [1.29, 1.82) is 0 Å². The molecule has 0 bridgehead atoms. The van der Waals surface area contributed by atoms with Gasteiger partial charge < -0.3 is 29.7 Å². The fraction of sp³-hybridized carbons (Fsp3) is 0.280. The van der Waals surface area contributed by atoms with Crippen molar-refractivity contribution in [3.8, 4) is 28.7 Å². The van der Waals surface area contributed by atoms with E-state index in [1.165, 1.54) is 4.68 Å². The monoisotopic (exact) mass is 490 g/mol. The number of hydrogen-bond acceptors (Lipinski definition) is 9. The zero-order chi connectivity index (χ0) is 25.2. The van der Waals surface area contributed by atoms with Crippen LogP contribution in [0.4, 0.5) is 11.5 Å². The molecule has 0 atom stereocenters. The van der Waals surface area contributed by atoms with Gasteiger partial charge in [-0.05, 0) is 57.2 Å². The highest BCUT2D eigenvalue weighted by atomic mass is 16.6. The summed E-state index contributed by atoms with van der Waals surface area (Å²) < 4.78 is 24.0. The number of carbonyl (C=O) groups excluding carboxylic acids is 1. The Morgan fingerprint density at radius 1 is 1.14 bits per heavy atom. The van der Waals surface area contributed by atoms with E-state index in [0.29, 0.717) is 47.7 Å². The molecular weight excluding hydrogens is 464 g/mol. The fourth-order valence-corrected chi connectivity index (χ4v) is 3.70. The smallest absolute Gasteiger partial charge is 0.280 e. The zero-order valence-corrected chi connectivity index (χ0v) is 20.1. The van der Waals surface area contributed by atoms with Crippen molar-refractivity contribution in [3.05, 3.63) is 59.6 Å². The Morgan fingerprint density at radius 2 is 1.89 bits per heavy atom. The highest BCUT2D eigenvalue weighted by Gasteiger charge is 2.21. The number of fused-ring (bicyclic) bond motifs is 1. The third kappa shape index (κ3) is 4.81. The second-order valence-electron chi connectivity index (χ2n) is 8.51. The number of aromatic nitrogens is 4. The van der Waals surface area contributed by atoms with Crippen LogP contribution < -0.4 is 25.3 Å². The number of hydrogen-bond donors (Lipinski definition) is 2. The average molecular weight is 491 g/mol. The van der Waals surface area contributed by atoms with E-state index in [1.54, 1.807) is 18.2 Å². The van der Waals surface area contributed by atoms with Gasteiger partial charge in [-0.2, -0.15) is 0 Å². The molecule has 11 nitrogen and oxygen atoms in total. The van der Waals surface area contributed by atoms with E-state index in [2.05, 4.69) is 20.6 Å². The van der Waals surface area contributed by atoms with Gasteiger partial charge in [-0.1, -0.05) is 5.21 Å². The Bertz CT molecular complexity index is 1390. The lowest BCUT2D eigenvalue weighted by molar-refractivity contribution is 0.102. The van der Waals surface area contributed by atoms with Crippen LogP contribution in [0.15, 0.2) is 46.9 Å². The Labute approximate surface area is 207 Å². The maximum Gasteiger partial charge on any atom is 0.280 e. The summed E-state index contributed by atoms with van der Waals surface area (Å²) in [5, 5.41) is 10.8. The molecule has 0 radical (unpaired) electrons. The van der Waals surface area contributed by atoms with Gasteiger partial charge in [-0.25, -0.2) is 9.67 Å². The summed E-state index contributed by atoms with van der Waals surface area (Å²) >= 11 is 0. The van der Waals surface area contributed by atoms with E-state index < -0.39 is 5.91 Å². The first-order chi connectivity index (χ1) is 17.4. The molecule has 3 N–H and O–H groups in total.